The SMILES string of the molecule is COc1ccc(-c2cc(C(=O)OCc3nc4ccsc4c(=O)[nH]3)c3ccccc3n2)cc1OC. The highest BCUT2D eigenvalue weighted by atomic mass is 32.1. The first-order valence-electron chi connectivity index (χ1n) is 10.3. The van der Waals surface area contributed by atoms with Crippen LogP contribution in [0.4, 0.5) is 0 Å². The third kappa shape index (κ3) is 3.97. The summed E-state index contributed by atoms with van der Waals surface area (Å²) in [6, 6.07) is 16.2. The maximum Gasteiger partial charge on any atom is 0.339 e. The molecular weight excluding hydrogens is 454 g/mol. The van der Waals surface area contributed by atoms with E-state index >= 15 is 0 Å². The van der Waals surface area contributed by atoms with Crippen LogP contribution in [-0.4, -0.2) is 35.1 Å². The molecule has 170 valence electrons. The molecular formula is C25H19N3O5S. The Morgan fingerprint density at radius 2 is 1.79 bits per heavy atom. The number of aromatic amines is 1. The Morgan fingerprint density at radius 3 is 2.62 bits per heavy atom. The van der Waals surface area contributed by atoms with E-state index in [0.717, 1.165) is 5.56 Å². The molecule has 0 unspecified atom stereocenters. The first-order valence-corrected chi connectivity index (χ1v) is 11.2. The summed E-state index contributed by atoms with van der Waals surface area (Å²) < 4.78 is 16.8. The van der Waals surface area contributed by atoms with E-state index in [1.54, 1.807) is 43.9 Å². The minimum absolute atomic E-state index is 0.164. The lowest BCUT2D eigenvalue weighted by Gasteiger charge is -2.12. The number of methoxy groups -OCH3 is 2. The van der Waals surface area contributed by atoms with Crippen molar-refractivity contribution in [1.29, 1.82) is 0 Å². The predicted molar refractivity (Wildman–Crippen MR) is 130 cm³/mol. The van der Waals surface area contributed by atoms with Crippen LogP contribution in [0.3, 0.4) is 0 Å². The fraction of sp³-hybridized carbons (Fsp3) is 0.120. The van der Waals surface area contributed by atoms with Gasteiger partial charge in [-0.25, -0.2) is 14.8 Å². The van der Waals surface area contributed by atoms with Crippen molar-refractivity contribution in [2.24, 2.45) is 0 Å². The Kier molecular flexibility index (Phi) is 5.69. The number of esters is 1. The van der Waals surface area contributed by atoms with Crippen molar-refractivity contribution in [2.45, 2.75) is 6.61 Å². The molecule has 0 saturated heterocycles. The summed E-state index contributed by atoms with van der Waals surface area (Å²) in [5.74, 6) is 0.879. The molecule has 0 fully saturated rings. The van der Waals surface area contributed by atoms with Crippen molar-refractivity contribution >= 4 is 38.4 Å². The lowest BCUT2D eigenvalue weighted by atomic mass is 10.0. The van der Waals surface area contributed by atoms with Crippen LogP contribution in [0, 0.1) is 0 Å². The van der Waals surface area contributed by atoms with Gasteiger partial charge in [-0.3, -0.25) is 4.79 Å². The summed E-state index contributed by atoms with van der Waals surface area (Å²) >= 11 is 1.31. The number of carbonyl (C=O) groups is 1. The molecule has 34 heavy (non-hydrogen) atoms. The Labute approximate surface area is 197 Å². The number of fused-ring (bicyclic) bond motifs is 2. The Hall–Kier alpha value is -4.24. The van der Waals surface area contributed by atoms with Gasteiger partial charge in [0, 0.05) is 10.9 Å². The number of para-hydroxylation sites is 1. The molecule has 1 N–H and O–H groups in total. The Balaban J connectivity index is 1.50. The second-order valence-electron chi connectivity index (χ2n) is 7.37. The molecule has 2 aromatic carbocycles. The average Bonchev–Trinajstić information content (AvgIpc) is 3.35. The molecule has 0 atom stereocenters. The minimum atomic E-state index is -0.548. The van der Waals surface area contributed by atoms with E-state index in [9.17, 15) is 9.59 Å². The van der Waals surface area contributed by atoms with Gasteiger partial charge in [-0.15, -0.1) is 11.3 Å². The summed E-state index contributed by atoms with van der Waals surface area (Å²) in [6.07, 6.45) is 0. The summed E-state index contributed by atoms with van der Waals surface area (Å²) in [5.41, 5.74) is 2.66. The number of hydrogen-bond donors (Lipinski definition) is 1. The zero-order valence-corrected chi connectivity index (χ0v) is 19.1. The van der Waals surface area contributed by atoms with Crippen LogP contribution >= 0.6 is 11.3 Å². The number of aromatic nitrogens is 3. The van der Waals surface area contributed by atoms with Crippen LogP contribution in [-0.2, 0) is 11.3 Å². The number of nitrogens with one attached hydrogen (secondary N) is 1. The highest BCUT2D eigenvalue weighted by molar-refractivity contribution is 7.17. The zero-order chi connectivity index (χ0) is 23.7. The van der Waals surface area contributed by atoms with Crippen LogP contribution in [0.1, 0.15) is 16.2 Å². The first kappa shape index (κ1) is 21.6. The van der Waals surface area contributed by atoms with Crippen molar-refractivity contribution < 1.29 is 19.0 Å². The second kappa shape index (κ2) is 8.95. The fourth-order valence-electron chi connectivity index (χ4n) is 3.69. The average molecular weight is 474 g/mol. The molecule has 8 nitrogen and oxygen atoms in total. The van der Waals surface area contributed by atoms with E-state index in [4.69, 9.17) is 19.2 Å². The molecule has 0 spiro atoms. The first-order chi connectivity index (χ1) is 16.6. The second-order valence-corrected chi connectivity index (χ2v) is 8.28. The Morgan fingerprint density at radius 1 is 0.971 bits per heavy atom. The molecule has 0 aliphatic carbocycles. The summed E-state index contributed by atoms with van der Waals surface area (Å²) in [7, 11) is 3.13. The van der Waals surface area contributed by atoms with Crippen LogP contribution in [0.25, 0.3) is 32.4 Å². The van der Waals surface area contributed by atoms with E-state index in [-0.39, 0.29) is 18.0 Å². The van der Waals surface area contributed by atoms with Crippen LogP contribution in [0.15, 0.2) is 64.8 Å². The van der Waals surface area contributed by atoms with Crippen LogP contribution in [0.5, 0.6) is 11.5 Å². The molecule has 0 radical (unpaired) electrons. The number of hydrogen-bond acceptors (Lipinski definition) is 8. The van der Waals surface area contributed by atoms with Gasteiger partial charge >= 0.3 is 5.97 Å². The van der Waals surface area contributed by atoms with E-state index in [0.29, 0.717) is 43.9 Å². The Bertz CT molecular complexity index is 1590. The number of ether oxygens (including phenoxy) is 3. The van der Waals surface area contributed by atoms with Gasteiger partial charge < -0.3 is 19.2 Å². The molecule has 0 amide bonds. The van der Waals surface area contributed by atoms with Gasteiger partial charge in [-0.1, -0.05) is 18.2 Å². The van der Waals surface area contributed by atoms with Crippen LogP contribution in [0.2, 0.25) is 0 Å². The standard InChI is InChI=1S/C25H19N3O5S/c1-31-20-8-7-14(11-21(20)32-2)19-12-16(15-5-3-4-6-17(15)26-19)25(30)33-13-22-27-18-9-10-34-23(18)24(29)28-22/h3-12H,13H2,1-2H3,(H,27,28,29). The van der Waals surface area contributed by atoms with Crippen molar-refractivity contribution in [1.82, 2.24) is 15.0 Å². The highest BCUT2D eigenvalue weighted by Crippen LogP contribution is 2.33. The van der Waals surface area contributed by atoms with Gasteiger partial charge in [0.2, 0.25) is 0 Å². The maximum absolute atomic E-state index is 13.1. The smallest absolute Gasteiger partial charge is 0.339 e. The third-order valence-corrected chi connectivity index (χ3v) is 6.22. The largest absolute Gasteiger partial charge is 0.493 e. The van der Waals surface area contributed by atoms with E-state index in [2.05, 4.69) is 9.97 Å². The number of benzene rings is 2. The van der Waals surface area contributed by atoms with Gasteiger partial charge in [0.05, 0.1) is 36.5 Å². The molecule has 0 aliphatic heterocycles. The molecule has 0 bridgehead atoms. The third-order valence-electron chi connectivity index (χ3n) is 5.32. The van der Waals surface area contributed by atoms with Crippen LogP contribution < -0.4 is 15.0 Å². The minimum Gasteiger partial charge on any atom is -0.493 e. The topological polar surface area (TPSA) is 103 Å². The highest BCUT2D eigenvalue weighted by Gasteiger charge is 2.17. The molecule has 0 aliphatic rings. The number of pyridine rings is 1. The predicted octanol–water partition coefficient (Wildman–Crippen LogP) is 4.57. The molecule has 3 heterocycles. The van der Waals surface area contributed by atoms with E-state index in [1.807, 2.05) is 30.3 Å². The number of carbonyl (C=O) groups excluding carboxylic acids is 1. The van der Waals surface area contributed by atoms with E-state index < -0.39 is 5.97 Å². The maximum atomic E-state index is 13.1. The number of nitrogens with zero attached hydrogens (tertiary/aromatic N) is 2. The van der Waals surface area contributed by atoms with Gasteiger partial charge in [-0.05, 0) is 41.8 Å². The lowest BCUT2D eigenvalue weighted by Crippen LogP contribution is -2.14. The van der Waals surface area contributed by atoms with Crippen molar-refractivity contribution in [2.75, 3.05) is 14.2 Å². The summed E-state index contributed by atoms with van der Waals surface area (Å²) in [6.45, 7) is -0.164. The molecule has 9 heteroatoms. The number of H-pyrrole nitrogens is 1. The van der Waals surface area contributed by atoms with Crippen molar-refractivity contribution in [3.8, 4) is 22.8 Å². The fourth-order valence-corrected chi connectivity index (χ4v) is 4.41. The molecule has 0 saturated carbocycles. The summed E-state index contributed by atoms with van der Waals surface area (Å²) in [4.78, 5) is 37.1. The number of thiophene rings is 1. The normalized spacial score (nSPS) is 11.0. The lowest BCUT2D eigenvalue weighted by molar-refractivity contribution is 0.0464. The summed E-state index contributed by atoms with van der Waals surface area (Å²) in [5, 5.41) is 2.45. The van der Waals surface area contributed by atoms with Crippen molar-refractivity contribution in [3.05, 3.63) is 81.7 Å². The molecule has 5 rings (SSSR count). The van der Waals surface area contributed by atoms with E-state index in [1.165, 1.54) is 11.3 Å². The molecule has 3 aromatic heterocycles. The molecule has 5 aromatic rings. The monoisotopic (exact) mass is 473 g/mol. The van der Waals surface area contributed by atoms with Gasteiger partial charge in [0.15, 0.2) is 11.5 Å². The van der Waals surface area contributed by atoms with Crippen molar-refractivity contribution in [3.63, 3.8) is 0 Å². The van der Waals surface area contributed by atoms with Gasteiger partial charge in [-0.2, -0.15) is 0 Å². The van der Waals surface area contributed by atoms with Gasteiger partial charge in [0.1, 0.15) is 17.1 Å². The quantitative estimate of drug-likeness (QED) is 0.360. The van der Waals surface area contributed by atoms with Gasteiger partial charge in [0.25, 0.3) is 5.56 Å². The zero-order valence-electron chi connectivity index (χ0n) is 18.3. The number of rotatable bonds is 6.